The van der Waals surface area contributed by atoms with Crippen molar-refractivity contribution in [2.75, 3.05) is 0 Å². The molecule has 2 atom stereocenters. The van der Waals surface area contributed by atoms with Crippen molar-refractivity contribution in [1.29, 1.82) is 0 Å². The summed E-state index contributed by atoms with van der Waals surface area (Å²) in [7, 11) is 0. The van der Waals surface area contributed by atoms with E-state index in [-0.39, 0.29) is 12.1 Å². The maximum atomic E-state index is 13.2. The number of hydrogen-bond donors (Lipinski definition) is 2. The zero-order valence-corrected chi connectivity index (χ0v) is 10.6. The van der Waals surface area contributed by atoms with Crippen molar-refractivity contribution in [2.45, 2.75) is 39.0 Å². The highest BCUT2D eigenvalue weighted by atomic mass is 19.1. The second-order valence-electron chi connectivity index (χ2n) is 4.52. The minimum absolute atomic E-state index is 0.171. The Morgan fingerprint density at radius 3 is 2.50 bits per heavy atom. The van der Waals surface area contributed by atoms with E-state index in [1.807, 2.05) is 13.8 Å². The van der Waals surface area contributed by atoms with Gasteiger partial charge in [0.25, 0.3) is 0 Å². The second kappa shape index (κ2) is 5.88. The Kier molecular flexibility index (Phi) is 4.75. The molecule has 1 aromatic carbocycles. The van der Waals surface area contributed by atoms with Crippen LogP contribution in [0.25, 0.3) is 0 Å². The summed E-state index contributed by atoms with van der Waals surface area (Å²) in [5.74, 6) is -0.902. The zero-order valence-electron chi connectivity index (χ0n) is 10.6. The van der Waals surface area contributed by atoms with E-state index in [0.717, 1.165) is 12.1 Å². The van der Waals surface area contributed by atoms with Gasteiger partial charge >= 0.3 is 5.69 Å². The average molecular weight is 256 g/mol. The summed E-state index contributed by atoms with van der Waals surface area (Å²) < 4.78 is 13.2. The fraction of sp³-hybridized carbons (Fsp3) is 0.500. The van der Waals surface area contributed by atoms with Crippen LogP contribution in [0.1, 0.15) is 32.4 Å². The maximum Gasteiger partial charge on any atom is 0.305 e. The predicted molar refractivity (Wildman–Crippen MR) is 65.7 cm³/mol. The highest BCUT2D eigenvalue weighted by Crippen LogP contribution is 2.24. The highest BCUT2D eigenvalue weighted by molar-refractivity contribution is 5.37. The average Bonchev–Trinajstić information content (AvgIpc) is 2.27. The van der Waals surface area contributed by atoms with Crippen LogP contribution in [0.5, 0.6) is 0 Å². The smallest absolute Gasteiger partial charge is 0.305 e. The van der Waals surface area contributed by atoms with Crippen LogP contribution >= 0.6 is 0 Å². The number of nitro groups is 1. The maximum absolute atomic E-state index is 13.2. The molecule has 0 spiro atoms. The minimum atomic E-state index is -0.924. The molecular formula is C12H17FN2O3. The third-order valence-electron chi connectivity index (χ3n) is 2.58. The monoisotopic (exact) mass is 256 g/mol. The van der Waals surface area contributed by atoms with Crippen LogP contribution in [0.2, 0.25) is 0 Å². The molecule has 0 aliphatic carbocycles. The van der Waals surface area contributed by atoms with Gasteiger partial charge in [-0.2, -0.15) is 4.39 Å². The molecule has 100 valence electrons. The van der Waals surface area contributed by atoms with Crippen LogP contribution in [0, 0.1) is 15.9 Å². The molecule has 0 aromatic heterocycles. The van der Waals surface area contributed by atoms with Crippen molar-refractivity contribution in [3.63, 3.8) is 0 Å². The number of aliphatic hydroxyl groups is 1. The highest BCUT2D eigenvalue weighted by Gasteiger charge is 2.21. The molecule has 0 bridgehead atoms. The lowest BCUT2D eigenvalue weighted by Crippen LogP contribution is -2.37. The van der Waals surface area contributed by atoms with Crippen LogP contribution < -0.4 is 5.32 Å². The molecule has 18 heavy (non-hydrogen) atoms. The van der Waals surface area contributed by atoms with Crippen LogP contribution in [0.4, 0.5) is 10.1 Å². The normalized spacial score (nSPS) is 14.6. The molecule has 2 unspecified atom stereocenters. The lowest BCUT2D eigenvalue weighted by atomic mass is 10.0. The molecule has 0 fully saturated rings. The SMILES string of the molecule is CC(C)NC(C)C(O)c1ccc(F)c([N+](=O)[O-])c1. The van der Waals surface area contributed by atoms with Gasteiger partial charge in [0.15, 0.2) is 0 Å². The topological polar surface area (TPSA) is 75.4 Å². The number of hydrogen-bond acceptors (Lipinski definition) is 4. The second-order valence-corrected chi connectivity index (χ2v) is 4.52. The van der Waals surface area contributed by atoms with Crippen molar-refractivity contribution < 1.29 is 14.4 Å². The molecule has 1 aromatic rings. The van der Waals surface area contributed by atoms with E-state index in [2.05, 4.69) is 5.32 Å². The van der Waals surface area contributed by atoms with E-state index in [1.165, 1.54) is 6.07 Å². The first-order valence-corrected chi connectivity index (χ1v) is 5.71. The van der Waals surface area contributed by atoms with Crippen LogP contribution in [0.3, 0.4) is 0 Å². The molecule has 0 radical (unpaired) electrons. The molecule has 0 aliphatic heterocycles. The van der Waals surface area contributed by atoms with E-state index in [9.17, 15) is 19.6 Å². The molecule has 0 amide bonds. The fourth-order valence-electron chi connectivity index (χ4n) is 1.76. The standard InChI is InChI=1S/C12H17FN2O3/c1-7(2)14-8(3)12(16)9-4-5-10(13)11(6-9)15(17)18/h4-8,12,14,16H,1-3H3. The number of halogens is 1. The van der Waals surface area contributed by atoms with Gasteiger partial charge in [0.1, 0.15) is 0 Å². The van der Waals surface area contributed by atoms with Gasteiger partial charge in [-0.3, -0.25) is 10.1 Å². The van der Waals surface area contributed by atoms with Crippen molar-refractivity contribution in [3.05, 3.63) is 39.7 Å². The summed E-state index contributed by atoms with van der Waals surface area (Å²) in [4.78, 5) is 9.81. The van der Waals surface area contributed by atoms with Gasteiger partial charge in [0.05, 0.1) is 11.0 Å². The van der Waals surface area contributed by atoms with Crippen molar-refractivity contribution >= 4 is 5.69 Å². The van der Waals surface area contributed by atoms with Gasteiger partial charge < -0.3 is 10.4 Å². The van der Waals surface area contributed by atoms with Gasteiger partial charge in [-0.1, -0.05) is 19.9 Å². The van der Waals surface area contributed by atoms with Crippen molar-refractivity contribution in [2.24, 2.45) is 0 Å². The number of benzene rings is 1. The van der Waals surface area contributed by atoms with E-state index in [0.29, 0.717) is 5.56 Å². The molecule has 0 heterocycles. The van der Waals surface area contributed by atoms with Crippen molar-refractivity contribution in [1.82, 2.24) is 5.32 Å². The van der Waals surface area contributed by atoms with Gasteiger partial charge in [-0.25, -0.2) is 0 Å². The molecule has 1 rings (SSSR count). The van der Waals surface area contributed by atoms with Crippen LogP contribution in [-0.4, -0.2) is 22.1 Å². The number of rotatable bonds is 5. The predicted octanol–water partition coefficient (Wildman–Crippen LogP) is 2.15. The van der Waals surface area contributed by atoms with Gasteiger partial charge in [0, 0.05) is 18.2 Å². The first kappa shape index (κ1) is 14.5. The lowest BCUT2D eigenvalue weighted by Gasteiger charge is -2.22. The van der Waals surface area contributed by atoms with Gasteiger partial charge in [-0.15, -0.1) is 0 Å². The fourth-order valence-corrected chi connectivity index (χ4v) is 1.76. The Hall–Kier alpha value is -1.53. The first-order valence-electron chi connectivity index (χ1n) is 5.71. The summed E-state index contributed by atoms with van der Waals surface area (Å²) in [5.41, 5.74) is -0.299. The van der Waals surface area contributed by atoms with Crippen LogP contribution in [0.15, 0.2) is 18.2 Å². The molecule has 0 aliphatic rings. The Bertz CT molecular complexity index is 437. The van der Waals surface area contributed by atoms with E-state index < -0.39 is 22.5 Å². The molecule has 6 heteroatoms. The van der Waals surface area contributed by atoms with Gasteiger partial charge in [0.2, 0.25) is 5.82 Å². The van der Waals surface area contributed by atoms with E-state index in [4.69, 9.17) is 0 Å². The number of aliphatic hydroxyl groups excluding tert-OH is 1. The molecule has 0 saturated heterocycles. The zero-order chi connectivity index (χ0) is 13.9. The van der Waals surface area contributed by atoms with Crippen LogP contribution in [-0.2, 0) is 0 Å². The molecule has 0 saturated carbocycles. The third-order valence-corrected chi connectivity index (χ3v) is 2.58. The summed E-state index contributed by atoms with van der Waals surface area (Å²) in [6.45, 7) is 5.62. The largest absolute Gasteiger partial charge is 0.387 e. The van der Waals surface area contributed by atoms with Gasteiger partial charge in [-0.05, 0) is 18.6 Å². The molecule has 5 nitrogen and oxygen atoms in total. The van der Waals surface area contributed by atoms with E-state index in [1.54, 1.807) is 6.92 Å². The summed E-state index contributed by atoms with van der Waals surface area (Å²) in [5, 5.41) is 23.7. The quantitative estimate of drug-likeness (QED) is 0.625. The Labute approximate surface area is 105 Å². The van der Waals surface area contributed by atoms with Crippen molar-refractivity contribution in [3.8, 4) is 0 Å². The summed E-state index contributed by atoms with van der Waals surface area (Å²) in [6, 6.07) is 3.31. The molecule has 2 N–H and O–H groups in total. The summed E-state index contributed by atoms with van der Waals surface area (Å²) in [6.07, 6.45) is -0.924. The number of nitrogens with one attached hydrogen (secondary N) is 1. The number of nitro benzene ring substituents is 1. The Morgan fingerprint density at radius 2 is 2.00 bits per heavy atom. The van der Waals surface area contributed by atoms with E-state index >= 15 is 0 Å². The minimum Gasteiger partial charge on any atom is -0.387 e. The Balaban J connectivity index is 2.96. The lowest BCUT2D eigenvalue weighted by molar-refractivity contribution is -0.387. The Morgan fingerprint density at radius 1 is 1.39 bits per heavy atom. The third kappa shape index (κ3) is 3.48. The molecular weight excluding hydrogens is 239 g/mol. The summed E-state index contributed by atoms with van der Waals surface area (Å²) >= 11 is 0. The first-order chi connectivity index (χ1) is 8.32. The number of nitrogens with zero attached hydrogens (tertiary/aromatic N) is 1.